The monoisotopic (exact) mass is 302 g/mol. The van der Waals surface area contributed by atoms with E-state index in [4.69, 9.17) is 0 Å². The highest BCUT2D eigenvalue weighted by Gasteiger charge is 2.21. The molecule has 0 unspecified atom stereocenters. The van der Waals surface area contributed by atoms with Crippen LogP contribution in [0, 0.1) is 0 Å². The molecule has 1 amide bonds. The van der Waals surface area contributed by atoms with Crippen molar-refractivity contribution < 1.29 is 4.79 Å². The van der Waals surface area contributed by atoms with Gasteiger partial charge in [-0.15, -0.1) is 0 Å². The molecule has 0 aliphatic carbocycles. The molecular weight excluding hydrogens is 284 g/mol. The number of nitrogens with zero attached hydrogens (tertiary/aromatic N) is 2. The second kappa shape index (κ2) is 5.76. The van der Waals surface area contributed by atoms with E-state index >= 15 is 0 Å². The lowest BCUT2D eigenvalue weighted by molar-refractivity contribution is 0.0711. The first-order chi connectivity index (χ1) is 11.3. The predicted molar refractivity (Wildman–Crippen MR) is 91.1 cm³/mol. The molecule has 23 heavy (non-hydrogen) atoms. The van der Waals surface area contributed by atoms with Crippen LogP contribution in [0.4, 0.5) is 0 Å². The first-order valence-corrected chi connectivity index (χ1v) is 7.90. The molecule has 0 radical (unpaired) electrons. The Morgan fingerprint density at radius 2 is 1.52 bits per heavy atom. The van der Waals surface area contributed by atoms with Crippen LogP contribution in [0.5, 0.6) is 0 Å². The number of hydrogen-bond donors (Lipinski definition) is 0. The van der Waals surface area contributed by atoms with E-state index < -0.39 is 0 Å². The van der Waals surface area contributed by atoms with Gasteiger partial charge in [-0.1, -0.05) is 42.5 Å². The second-order valence-corrected chi connectivity index (χ2v) is 5.86. The quantitative estimate of drug-likeness (QED) is 0.706. The van der Waals surface area contributed by atoms with Crippen LogP contribution in [-0.2, 0) is 13.1 Å². The number of benzene rings is 2. The molecule has 0 atom stereocenters. The summed E-state index contributed by atoms with van der Waals surface area (Å²) < 4.78 is 2.21. The van der Waals surface area contributed by atoms with E-state index in [0.29, 0.717) is 6.54 Å². The summed E-state index contributed by atoms with van der Waals surface area (Å²) in [4.78, 5) is 14.6. The minimum absolute atomic E-state index is 0.108. The molecule has 3 nitrogen and oxygen atoms in total. The molecular formula is C20H18N2O. The Labute approximate surface area is 135 Å². The van der Waals surface area contributed by atoms with Gasteiger partial charge < -0.3 is 9.47 Å². The standard InChI is InChI=1S/C20H18N2O/c23-20(22-14-13-21-12-4-7-19(21)15-22)18-10-8-17(9-11-18)16-5-2-1-3-6-16/h1-12H,13-15H2. The van der Waals surface area contributed by atoms with Crippen LogP contribution in [0.25, 0.3) is 11.1 Å². The zero-order valence-corrected chi connectivity index (χ0v) is 12.9. The van der Waals surface area contributed by atoms with Crippen molar-refractivity contribution in [2.75, 3.05) is 6.54 Å². The Kier molecular flexibility index (Phi) is 3.46. The lowest BCUT2D eigenvalue weighted by atomic mass is 10.0. The minimum Gasteiger partial charge on any atom is -0.348 e. The number of hydrogen-bond acceptors (Lipinski definition) is 1. The zero-order chi connectivity index (χ0) is 15.6. The molecule has 0 fully saturated rings. The highest BCUT2D eigenvalue weighted by Crippen LogP contribution is 2.21. The van der Waals surface area contributed by atoms with Gasteiger partial charge in [-0.2, -0.15) is 0 Å². The van der Waals surface area contributed by atoms with Crippen LogP contribution in [0.3, 0.4) is 0 Å². The summed E-state index contributed by atoms with van der Waals surface area (Å²) in [5, 5.41) is 0. The van der Waals surface area contributed by atoms with Crippen LogP contribution >= 0.6 is 0 Å². The average Bonchev–Trinajstić information content (AvgIpc) is 3.10. The first kappa shape index (κ1) is 13.8. The van der Waals surface area contributed by atoms with Gasteiger partial charge in [-0.05, 0) is 35.4 Å². The van der Waals surface area contributed by atoms with Crippen LogP contribution in [0.2, 0.25) is 0 Å². The van der Waals surface area contributed by atoms with Crippen molar-refractivity contribution in [1.82, 2.24) is 9.47 Å². The van der Waals surface area contributed by atoms with Crippen molar-refractivity contribution in [2.45, 2.75) is 13.1 Å². The van der Waals surface area contributed by atoms with E-state index in [1.165, 1.54) is 11.3 Å². The van der Waals surface area contributed by atoms with Crippen LogP contribution < -0.4 is 0 Å². The van der Waals surface area contributed by atoms with Gasteiger partial charge in [-0.3, -0.25) is 4.79 Å². The van der Waals surface area contributed by atoms with E-state index in [9.17, 15) is 4.79 Å². The van der Waals surface area contributed by atoms with Crippen LogP contribution in [0.15, 0.2) is 72.9 Å². The van der Waals surface area contributed by atoms with Gasteiger partial charge in [0.25, 0.3) is 5.91 Å². The summed E-state index contributed by atoms with van der Waals surface area (Å²) in [7, 11) is 0. The minimum atomic E-state index is 0.108. The summed E-state index contributed by atoms with van der Waals surface area (Å²) in [6, 6.07) is 22.2. The Balaban J connectivity index is 1.53. The van der Waals surface area contributed by atoms with Crippen molar-refractivity contribution in [1.29, 1.82) is 0 Å². The largest absolute Gasteiger partial charge is 0.348 e. The fourth-order valence-electron chi connectivity index (χ4n) is 3.11. The lowest BCUT2D eigenvalue weighted by Crippen LogP contribution is -2.37. The summed E-state index contributed by atoms with van der Waals surface area (Å²) in [6.07, 6.45) is 2.08. The van der Waals surface area contributed by atoms with E-state index in [1.54, 1.807) is 0 Å². The van der Waals surface area contributed by atoms with E-state index in [-0.39, 0.29) is 5.91 Å². The molecule has 114 valence electrons. The molecule has 4 rings (SSSR count). The molecule has 0 spiro atoms. The molecule has 0 saturated heterocycles. The molecule has 1 aliphatic heterocycles. The van der Waals surface area contributed by atoms with Gasteiger partial charge in [0.15, 0.2) is 0 Å². The third-order valence-electron chi connectivity index (χ3n) is 4.41. The maximum absolute atomic E-state index is 12.7. The topological polar surface area (TPSA) is 25.2 Å². The smallest absolute Gasteiger partial charge is 0.254 e. The second-order valence-electron chi connectivity index (χ2n) is 5.86. The van der Waals surface area contributed by atoms with E-state index in [0.717, 1.165) is 24.2 Å². The maximum Gasteiger partial charge on any atom is 0.254 e. The van der Waals surface area contributed by atoms with Crippen molar-refractivity contribution in [2.24, 2.45) is 0 Å². The van der Waals surface area contributed by atoms with E-state index in [1.807, 2.05) is 53.4 Å². The molecule has 2 aromatic carbocycles. The van der Waals surface area contributed by atoms with E-state index in [2.05, 4.69) is 29.0 Å². The number of fused-ring (bicyclic) bond motifs is 1. The number of aromatic nitrogens is 1. The normalized spacial score (nSPS) is 13.7. The SMILES string of the molecule is O=C(c1ccc(-c2ccccc2)cc1)N1CCn2cccc2C1. The van der Waals surface area contributed by atoms with Gasteiger partial charge in [0.2, 0.25) is 0 Å². The van der Waals surface area contributed by atoms with Gasteiger partial charge in [0.1, 0.15) is 0 Å². The highest BCUT2D eigenvalue weighted by atomic mass is 16.2. The van der Waals surface area contributed by atoms with Gasteiger partial charge in [-0.25, -0.2) is 0 Å². The molecule has 1 aromatic heterocycles. The molecule has 0 N–H and O–H groups in total. The average molecular weight is 302 g/mol. The third kappa shape index (κ3) is 2.66. The van der Waals surface area contributed by atoms with Crippen molar-refractivity contribution in [3.8, 4) is 11.1 Å². The molecule has 0 saturated carbocycles. The number of carbonyl (C=O) groups is 1. The summed E-state index contributed by atoms with van der Waals surface area (Å²) in [6.45, 7) is 2.32. The summed E-state index contributed by atoms with van der Waals surface area (Å²) in [5.41, 5.74) is 4.26. The Bertz CT molecular complexity index is 818. The molecule has 1 aliphatic rings. The lowest BCUT2D eigenvalue weighted by Gasteiger charge is -2.28. The molecule has 2 heterocycles. The summed E-state index contributed by atoms with van der Waals surface area (Å²) in [5.74, 6) is 0.108. The Morgan fingerprint density at radius 3 is 2.30 bits per heavy atom. The van der Waals surface area contributed by atoms with Gasteiger partial charge >= 0.3 is 0 Å². The highest BCUT2D eigenvalue weighted by molar-refractivity contribution is 5.94. The van der Waals surface area contributed by atoms with Gasteiger partial charge in [0.05, 0.1) is 6.54 Å². The zero-order valence-electron chi connectivity index (χ0n) is 12.9. The number of amides is 1. The maximum atomic E-state index is 12.7. The molecule has 3 heteroatoms. The third-order valence-corrected chi connectivity index (χ3v) is 4.41. The fraction of sp³-hybridized carbons (Fsp3) is 0.150. The summed E-state index contributed by atoms with van der Waals surface area (Å²) >= 11 is 0. The first-order valence-electron chi connectivity index (χ1n) is 7.90. The van der Waals surface area contributed by atoms with Crippen molar-refractivity contribution >= 4 is 5.91 Å². The molecule has 0 bridgehead atoms. The number of rotatable bonds is 2. The number of carbonyl (C=O) groups excluding carboxylic acids is 1. The van der Waals surface area contributed by atoms with Gasteiger partial charge in [0, 0.05) is 30.5 Å². The van der Waals surface area contributed by atoms with Crippen molar-refractivity contribution in [3.05, 3.63) is 84.2 Å². The Hall–Kier alpha value is -2.81. The van der Waals surface area contributed by atoms with Crippen LogP contribution in [0.1, 0.15) is 16.1 Å². The fourth-order valence-corrected chi connectivity index (χ4v) is 3.11. The van der Waals surface area contributed by atoms with Crippen molar-refractivity contribution in [3.63, 3.8) is 0 Å². The predicted octanol–water partition coefficient (Wildman–Crippen LogP) is 3.81. The molecule has 3 aromatic rings. The Morgan fingerprint density at radius 1 is 0.783 bits per heavy atom. The van der Waals surface area contributed by atoms with Crippen LogP contribution in [-0.4, -0.2) is 21.9 Å².